The Labute approximate surface area is 127 Å². The number of imide groups is 1. The third kappa shape index (κ3) is 3.68. The number of carboxylic acid groups (broad SMARTS) is 1. The molecule has 8 heteroatoms. The van der Waals surface area contributed by atoms with E-state index in [1.54, 1.807) is 11.8 Å². The second kappa shape index (κ2) is 7.13. The fraction of sp³-hybridized carbons (Fsp3) is 0.769. The van der Waals surface area contributed by atoms with Gasteiger partial charge in [-0.1, -0.05) is 6.42 Å². The highest BCUT2D eigenvalue weighted by atomic mass is 32.2. The molecule has 0 aromatic carbocycles. The van der Waals surface area contributed by atoms with Crippen LogP contribution in [0.3, 0.4) is 0 Å². The van der Waals surface area contributed by atoms with Gasteiger partial charge in [0.05, 0.1) is 12.1 Å². The van der Waals surface area contributed by atoms with Crippen LogP contribution in [-0.2, 0) is 9.59 Å². The number of hydrogen-bond acceptors (Lipinski definition) is 5. The zero-order valence-corrected chi connectivity index (χ0v) is 12.6. The minimum absolute atomic E-state index is 0.0194. The van der Waals surface area contributed by atoms with E-state index in [4.69, 9.17) is 10.8 Å². The number of rotatable bonds is 7. The Morgan fingerprint density at radius 3 is 2.81 bits per heavy atom. The highest BCUT2D eigenvalue weighted by molar-refractivity contribution is 8.00. The topological polar surface area (TPSA) is 113 Å². The molecule has 4 N–H and O–H groups in total. The summed E-state index contributed by atoms with van der Waals surface area (Å²) in [4.78, 5) is 35.7. The fourth-order valence-electron chi connectivity index (χ4n) is 2.89. The number of thioether (sulfide) groups is 1. The van der Waals surface area contributed by atoms with Crippen LogP contribution >= 0.6 is 11.8 Å². The number of carbonyl (C=O) groups is 3. The SMILES string of the molecule is NCCC(=O)N1C(=O)NC2C(CCCCC(=O)O)SCC21. The molecule has 118 valence electrons. The first-order valence-electron chi connectivity index (χ1n) is 7.20. The van der Waals surface area contributed by atoms with Crippen molar-refractivity contribution in [3.63, 3.8) is 0 Å². The summed E-state index contributed by atoms with van der Waals surface area (Å²) in [6.45, 7) is 0.242. The Hall–Kier alpha value is -1.28. The normalized spacial score (nSPS) is 27.6. The smallest absolute Gasteiger partial charge is 0.324 e. The molecule has 0 aromatic rings. The van der Waals surface area contributed by atoms with E-state index in [0.29, 0.717) is 6.42 Å². The van der Waals surface area contributed by atoms with E-state index < -0.39 is 5.97 Å². The van der Waals surface area contributed by atoms with Gasteiger partial charge in [-0.15, -0.1) is 0 Å². The molecular weight excluding hydrogens is 294 g/mol. The minimum atomic E-state index is -0.778. The third-order valence-corrected chi connectivity index (χ3v) is 5.38. The number of aliphatic carboxylic acids is 1. The second-order valence-electron chi connectivity index (χ2n) is 5.36. The van der Waals surface area contributed by atoms with Crippen molar-refractivity contribution in [1.29, 1.82) is 0 Å². The second-order valence-corrected chi connectivity index (χ2v) is 6.63. The van der Waals surface area contributed by atoms with Crippen LogP contribution in [0.1, 0.15) is 32.1 Å². The molecule has 2 saturated heterocycles. The summed E-state index contributed by atoms with van der Waals surface area (Å²) >= 11 is 1.75. The van der Waals surface area contributed by atoms with E-state index in [-0.39, 0.29) is 48.7 Å². The predicted molar refractivity (Wildman–Crippen MR) is 79.0 cm³/mol. The summed E-state index contributed by atoms with van der Waals surface area (Å²) in [5.41, 5.74) is 5.38. The predicted octanol–water partition coefficient (Wildman–Crippen LogP) is 0.385. The Morgan fingerprint density at radius 1 is 1.38 bits per heavy atom. The van der Waals surface area contributed by atoms with Crippen molar-refractivity contribution in [3.8, 4) is 0 Å². The molecule has 2 aliphatic heterocycles. The van der Waals surface area contributed by atoms with Gasteiger partial charge in [0.15, 0.2) is 0 Å². The highest BCUT2D eigenvalue weighted by Crippen LogP contribution is 2.37. The molecule has 0 radical (unpaired) electrons. The number of nitrogens with zero attached hydrogens (tertiary/aromatic N) is 1. The Balaban J connectivity index is 1.86. The van der Waals surface area contributed by atoms with Crippen molar-refractivity contribution in [2.24, 2.45) is 5.73 Å². The summed E-state index contributed by atoms with van der Waals surface area (Å²) in [6.07, 6.45) is 2.69. The van der Waals surface area contributed by atoms with Crippen molar-refractivity contribution in [3.05, 3.63) is 0 Å². The van der Waals surface area contributed by atoms with Crippen LogP contribution < -0.4 is 11.1 Å². The molecule has 21 heavy (non-hydrogen) atoms. The van der Waals surface area contributed by atoms with Crippen molar-refractivity contribution in [2.75, 3.05) is 12.3 Å². The van der Waals surface area contributed by atoms with Gasteiger partial charge in [0.1, 0.15) is 0 Å². The van der Waals surface area contributed by atoms with Crippen LogP contribution in [0.25, 0.3) is 0 Å². The first-order chi connectivity index (χ1) is 10.0. The zero-order chi connectivity index (χ0) is 15.4. The molecule has 3 unspecified atom stereocenters. The molecule has 3 amide bonds. The molecular formula is C13H21N3O4S. The molecule has 2 rings (SSSR count). The third-order valence-electron chi connectivity index (χ3n) is 3.89. The first-order valence-corrected chi connectivity index (χ1v) is 8.25. The lowest BCUT2D eigenvalue weighted by Crippen LogP contribution is -2.42. The monoisotopic (exact) mass is 315 g/mol. The quantitative estimate of drug-likeness (QED) is 0.462. The summed E-state index contributed by atoms with van der Waals surface area (Å²) < 4.78 is 0. The van der Waals surface area contributed by atoms with E-state index >= 15 is 0 Å². The average Bonchev–Trinajstić information content (AvgIpc) is 2.93. The number of fused-ring (bicyclic) bond motifs is 1. The van der Waals surface area contributed by atoms with Gasteiger partial charge in [-0.3, -0.25) is 14.5 Å². The molecule has 7 nitrogen and oxygen atoms in total. The van der Waals surface area contributed by atoms with E-state index in [2.05, 4.69) is 5.32 Å². The maximum atomic E-state index is 12.0. The number of carboxylic acids is 1. The van der Waals surface area contributed by atoms with Crippen molar-refractivity contribution in [2.45, 2.75) is 49.4 Å². The number of carbonyl (C=O) groups excluding carboxylic acids is 2. The largest absolute Gasteiger partial charge is 0.481 e. The summed E-state index contributed by atoms with van der Waals surface area (Å²) in [5.74, 6) is -0.252. The first kappa shape index (κ1) is 16.1. The zero-order valence-electron chi connectivity index (χ0n) is 11.8. The van der Waals surface area contributed by atoms with Gasteiger partial charge in [-0.25, -0.2) is 4.79 Å². The molecule has 0 bridgehead atoms. The molecule has 2 aliphatic rings. The average molecular weight is 315 g/mol. The van der Waals surface area contributed by atoms with E-state index in [1.165, 1.54) is 4.90 Å². The Kier molecular flexibility index (Phi) is 5.46. The molecule has 0 aliphatic carbocycles. The number of urea groups is 1. The van der Waals surface area contributed by atoms with Gasteiger partial charge in [-0.2, -0.15) is 11.8 Å². The standard InChI is InChI=1S/C13H21N3O4S/c14-6-5-10(17)16-8-7-21-9(12(8)15-13(16)20)3-1-2-4-11(18)19/h8-9,12H,1-7,14H2,(H,15,20)(H,18,19). The van der Waals surface area contributed by atoms with E-state index in [0.717, 1.165) is 18.6 Å². The molecule has 0 saturated carbocycles. The number of unbranched alkanes of at least 4 members (excludes halogenated alkanes) is 1. The van der Waals surface area contributed by atoms with Gasteiger partial charge in [-0.05, 0) is 12.8 Å². The van der Waals surface area contributed by atoms with Gasteiger partial charge in [0.2, 0.25) is 5.91 Å². The maximum Gasteiger partial charge on any atom is 0.324 e. The highest BCUT2D eigenvalue weighted by Gasteiger charge is 2.49. The summed E-state index contributed by atoms with van der Waals surface area (Å²) in [7, 11) is 0. The van der Waals surface area contributed by atoms with Crippen LogP contribution in [-0.4, -0.2) is 57.5 Å². The minimum Gasteiger partial charge on any atom is -0.481 e. The molecule has 3 atom stereocenters. The van der Waals surface area contributed by atoms with Crippen molar-refractivity contribution < 1.29 is 19.5 Å². The van der Waals surface area contributed by atoms with Crippen LogP contribution in [0, 0.1) is 0 Å². The lowest BCUT2D eigenvalue weighted by atomic mass is 10.0. The fourth-order valence-corrected chi connectivity index (χ4v) is 4.48. The number of hydrogen-bond donors (Lipinski definition) is 3. The summed E-state index contributed by atoms with van der Waals surface area (Å²) in [6, 6.07) is -0.431. The number of nitrogens with one attached hydrogen (secondary N) is 1. The van der Waals surface area contributed by atoms with E-state index in [1.807, 2.05) is 0 Å². The number of nitrogens with two attached hydrogens (primary N) is 1. The lowest BCUT2D eigenvalue weighted by Gasteiger charge is -2.19. The van der Waals surface area contributed by atoms with Crippen LogP contribution in [0.2, 0.25) is 0 Å². The van der Waals surface area contributed by atoms with E-state index in [9.17, 15) is 14.4 Å². The Bertz CT molecular complexity index is 432. The molecule has 0 spiro atoms. The van der Waals surface area contributed by atoms with Crippen molar-refractivity contribution >= 4 is 29.7 Å². The lowest BCUT2D eigenvalue weighted by molar-refractivity contribution is -0.137. The molecule has 2 fully saturated rings. The van der Waals surface area contributed by atoms with Gasteiger partial charge >= 0.3 is 12.0 Å². The van der Waals surface area contributed by atoms with Gasteiger partial charge in [0, 0.05) is 30.4 Å². The van der Waals surface area contributed by atoms with Crippen LogP contribution in [0.5, 0.6) is 0 Å². The molecule has 0 aromatic heterocycles. The van der Waals surface area contributed by atoms with Gasteiger partial charge < -0.3 is 16.2 Å². The van der Waals surface area contributed by atoms with Crippen LogP contribution in [0.4, 0.5) is 4.79 Å². The van der Waals surface area contributed by atoms with Crippen LogP contribution in [0.15, 0.2) is 0 Å². The maximum absolute atomic E-state index is 12.0. The number of amides is 3. The molecule has 2 heterocycles. The summed E-state index contributed by atoms with van der Waals surface area (Å²) in [5, 5.41) is 11.8. The van der Waals surface area contributed by atoms with Crippen molar-refractivity contribution in [1.82, 2.24) is 10.2 Å². The van der Waals surface area contributed by atoms with Gasteiger partial charge in [0.25, 0.3) is 0 Å². The Morgan fingerprint density at radius 2 is 2.14 bits per heavy atom.